The van der Waals surface area contributed by atoms with Crippen LogP contribution in [0.1, 0.15) is 37.5 Å². The van der Waals surface area contributed by atoms with Gasteiger partial charge in [0.05, 0.1) is 5.92 Å². The molecular formula is C14H15F2N3O. The van der Waals surface area contributed by atoms with E-state index in [1.807, 2.05) is 0 Å². The lowest BCUT2D eigenvalue weighted by Gasteiger charge is -2.25. The SMILES string of the molecule is NC1CCCCC1c1nc(-c2cc(F)cc(F)c2)no1. The molecule has 1 saturated carbocycles. The minimum atomic E-state index is -0.666. The molecule has 1 aromatic heterocycles. The summed E-state index contributed by atoms with van der Waals surface area (Å²) in [5.74, 6) is -0.655. The fourth-order valence-corrected chi connectivity index (χ4v) is 2.65. The lowest BCUT2D eigenvalue weighted by molar-refractivity contribution is 0.290. The Morgan fingerprint density at radius 3 is 2.50 bits per heavy atom. The van der Waals surface area contributed by atoms with Crippen molar-refractivity contribution < 1.29 is 13.3 Å². The fourth-order valence-electron chi connectivity index (χ4n) is 2.65. The molecule has 0 spiro atoms. The summed E-state index contributed by atoms with van der Waals surface area (Å²) < 4.78 is 31.6. The Kier molecular flexibility index (Phi) is 3.48. The van der Waals surface area contributed by atoms with E-state index in [0.717, 1.165) is 31.7 Å². The summed E-state index contributed by atoms with van der Waals surface area (Å²) in [6.07, 6.45) is 4.01. The van der Waals surface area contributed by atoms with Crippen LogP contribution in [0.2, 0.25) is 0 Å². The summed E-state index contributed by atoms with van der Waals surface area (Å²) >= 11 is 0. The second-order valence-corrected chi connectivity index (χ2v) is 5.17. The normalized spacial score (nSPS) is 22.9. The number of aromatic nitrogens is 2. The lowest BCUT2D eigenvalue weighted by atomic mass is 9.85. The lowest BCUT2D eigenvalue weighted by Crippen LogP contribution is -2.31. The molecule has 1 aromatic carbocycles. The zero-order chi connectivity index (χ0) is 14.1. The first-order chi connectivity index (χ1) is 9.63. The highest BCUT2D eigenvalue weighted by Crippen LogP contribution is 2.32. The van der Waals surface area contributed by atoms with E-state index < -0.39 is 11.6 Å². The Labute approximate surface area is 115 Å². The molecule has 2 atom stereocenters. The van der Waals surface area contributed by atoms with Gasteiger partial charge in [-0.05, 0) is 25.0 Å². The van der Waals surface area contributed by atoms with Crippen LogP contribution < -0.4 is 5.73 Å². The molecule has 0 bridgehead atoms. The van der Waals surface area contributed by atoms with Crippen molar-refractivity contribution in [2.45, 2.75) is 37.6 Å². The summed E-state index contributed by atoms with van der Waals surface area (Å²) in [5.41, 5.74) is 6.33. The summed E-state index contributed by atoms with van der Waals surface area (Å²) in [7, 11) is 0. The van der Waals surface area contributed by atoms with Crippen LogP contribution in [-0.2, 0) is 0 Å². The van der Waals surface area contributed by atoms with Crippen LogP contribution >= 0.6 is 0 Å². The molecule has 20 heavy (non-hydrogen) atoms. The molecule has 2 aromatic rings. The first-order valence-corrected chi connectivity index (χ1v) is 6.69. The Hall–Kier alpha value is -1.82. The van der Waals surface area contributed by atoms with Crippen LogP contribution in [0, 0.1) is 11.6 Å². The number of hydrogen-bond acceptors (Lipinski definition) is 4. The molecule has 1 fully saturated rings. The van der Waals surface area contributed by atoms with Crippen molar-refractivity contribution >= 4 is 0 Å². The van der Waals surface area contributed by atoms with Gasteiger partial charge in [0.25, 0.3) is 0 Å². The van der Waals surface area contributed by atoms with Crippen molar-refractivity contribution in [1.82, 2.24) is 10.1 Å². The predicted molar refractivity (Wildman–Crippen MR) is 68.8 cm³/mol. The van der Waals surface area contributed by atoms with Crippen molar-refractivity contribution in [3.8, 4) is 11.4 Å². The average molecular weight is 279 g/mol. The number of halogens is 2. The molecule has 0 amide bonds. The summed E-state index contributed by atoms with van der Waals surface area (Å²) in [6, 6.07) is 3.17. The first kappa shape index (κ1) is 13.2. The van der Waals surface area contributed by atoms with Gasteiger partial charge < -0.3 is 10.3 Å². The molecule has 2 N–H and O–H groups in total. The average Bonchev–Trinajstić information content (AvgIpc) is 2.87. The fraction of sp³-hybridized carbons (Fsp3) is 0.429. The monoisotopic (exact) mass is 279 g/mol. The third-order valence-corrected chi connectivity index (χ3v) is 3.70. The van der Waals surface area contributed by atoms with Gasteiger partial charge >= 0.3 is 0 Å². The van der Waals surface area contributed by atoms with Crippen LogP contribution in [0.3, 0.4) is 0 Å². The van der Waals surface area contributed by atoms with Gasteiger partial charge in [-0.2, -0.15) is 4.98 Å². The van der Waals surface area contributed by atoms with Crippen LogP contribution in [0.25, 0.3) is 11.4 Å². The van der Waals surface area contributed by atoms with Crippen molar-refractivity contribution in [3.05, 3.63) is 35.7 Å². The van der Waals surface area contributed by atoms with Crippen LogP contribution in [0.15, 0.2) is 22.7 Å². The molecule has 0 saturated heterocycles. The minimum absolute atomic E-state index is 0.00120. The minimum Gasteiger partial charge on any atom is -0.339 e. The number of hydrogen-bond donors (Lipinski definition) is 1. The third kappa shape index (κ3) is 2.56. The van der Waals surface area contributed by atoms with Crippen LogP contribution in [-0.4, -0.2) is 16.2 Å². The topological polar surface area (TPSA) is 64.9 Å². The zero-order valence-corrected chi connectivity index (χ0v) is 10.9. The van der Waals surface area contributed by atoms with Crippen molar-refractivity contribution in [2.24, 2.45) is 5.73 Å². The maximum atomic E-state index is 13.2. The van der Waals surface area contributed by atoms with Crippen molar-refractivity contribution in [3.63, 3.8) is 0 Å². The van der Waals surface area contributed by atoms with E-state index in [0.29, 0.717) is 5.89 Å². The molecule has 106 valence electrons. The largest absolute Gasteiger partial charge is 0.339 e. The highest BCUT2D eigenvalue weighted by atomic mass is 19.1. The van der Waals surface area contributed by atoms with Gasteiger partial charge in [0.15, 0.2) is 0 Å². The third-order valence-electron chi connectivity index (χ3n) is 3.70. The number of nitrogens with zero attached hydrogens (tertiary/aromatic N) is 2. The van der Waals surface area contributed by atoms with E-state index in [2.05, 4.69) is 10.1 Å². The Morgan fingerprint density at radius 1 is 1.10 bits per heavy atom. The maximum absolute atomic E-state index is 13.2. The van der Waals surface area contributed by atoms with Crippen molar-refractivity contribution in [2.75, 3.05) is 0 Å². The Morgan fingerprint density at radius 2 is 1.80 bits per heavy atom. The molecule has 1 aliphatic carbocycles. The standard InChI is InChI=1S/C14H15F2N3O/c15-9-5-8(6-10(16)7-9)13-18-14(20-19-13)11-3-1-2-4-12(11)17/h5-7,11-12H,1-4,17H2. The van der Waals surface area contributed by atoms with Crippen LogP contribution in [0.5, 0.6) is 0 Å². The molecule has 1 aliphatic rings. The van der Waals surface area contributed by atoms with E-state index in [4.69, 9.17) is 10.3 Å². The highest BCUT2D eigenvalue weighted by Gasteiger charge is 2.28. The Bertz CT molecular complexity index is 594. The van der Waals surface area contributed by atoms with Gasteiger partial charge in [0.1, 0.15) is 11.6 Å². The van der Waals surface area contributed by atoms with E-state index >= 15 is 0 Å². The van der Waals surface area contributed by atoms with Crippen LogP contribution in [0.4, 0.5) is 8.78 Å². The molecule has 3 rings (SSSR count). The molecule has 2 unspecified atom stereocenters. The maximum Gasteiger partial charge on any atom is 0.231 e. The molecular weight excluding hydrogens is 264 g/mol. The molecule has 6 heteroatoms. The predicted octanol–water partition coefficient (Wildman–Crippen LogP) is 3.00. The number of benzene rings is 1. The molecule has 4 nitrogen and oxygen atoms in total. The number of rotatable bonds is 2. The summed E-state index contributed by atoms with van der Waals surface area (Å²) in [6.45, 7) is 0. The second kappa shape index (κ2) is 5.28. The summed E-state index contributed by atoms with van der Waals surface area (Å²) in [5, 5.41) is 3.80. The molecule has 0 radical (unpaired) electrons. The second-order valence-electron chi connectivity index (χ2n) is 5.17. The first-order valence-electron chi connectivity index (χ1n) is 6.69. The van der Waals surface area contributed by atoms with E-state index in [1.54, 1.807) is 0 Å². The van der Waals surface area contributed by atoms with Gasteiger partial charge in [-0.3, -0.25) is 0 Å². The number of nitrogens with two attached hydrogens (primary N) is 1. The van der Waals surface area contributed by atoms with Gasteiger partial charge in [-0.15, -0.1) is 0 Å². The van der Waals surface area contributed by atoms with E-state index in [9.17, 15) is 8.78 Å². The quantitative estimate of drug-likeness (QED) is 0.917. The van der Waals surface area contributed by atoms with Gasteiger partial charge in [0.2, 0.25) is 11.7 Å². The molecule has 1 heterocycles. The summed E-state index contributed by atoms with van der Waals surface area (Å²) in [4.78, 5) is 4.25. The van der Waals surface area contributed by atoms with Crippen molar-refractivity contribution in [1.29, 1.82) is 0 Å². The smallest absolute Gasteiger partial charge is 0.231 e. The van der Waals surface area contributed by atoms with Gasteiger partial charge in [-0.1, -0.05) is 18.0 Å². The Balaban J connectivity index is 1.89. The molecule has 0 aliphatic heterocycles. The van der Waals surface area contributed by atoms with Gasteiger partial charge in [-0.25, -0.2) is 8.78 Å². The van der Waals surface area contributed by atoms with Gasteiger partial charge in [0, 0.05) is 17.7 Å². The highest BCUT2D eigenvalue weighted by molar-refractivity contribution is 5.54. The zero-order valence-electron chi connectivity index (χ0n) is 10.9. The van der Waals surface area contributed by atoms with E-state index in [-0.39, 0.29) is 23.3 Å². The van der Waals surface area contributed by atoms with E-state index in [1.165, 1.54) is 12.1 Å².